The molecule has 0 radical (unpaired) electrons. The van der Waals surface area contributed by atoms with Crippen LogP contribution < -0.4 is 11.4 Å². The Labute approximate surface area is 125 Å². The van der Waals surface area contributed by atoms with Gasteiger partial charge in [-0.3, -0.25) is 9.98 Å². The van der Waals surface area contributed by atoms with Gasteiger partial charge in [0.05, 0.1) is 12.1 Å². The number of halogens is 2. The first-order valence-electron chi connectivity index (χ1n) is 7.49. The van der Waals surface area contributed by atoms with Crippen LogP contribution >= 0.6 is 0 Å². The van der Waals surface area contributed by atoms with E-state index < -0.39 is 11.6 Å². The number of aromatic nitrogens is 3. The van der Waals surface area contributed by atoms with E-state index >= 15 is 0 Å². The molecule has 0 bridgehead atoms. The molecule has 2 aliphatic rings. The van der Waals surface area contributed by atoms with Crippen LogP contribution in [0.1, 0.15) is 42.7 Å². The summed E-state index contributed by atoms with van der Waals surface area (Å²) in [6.45, 7) is 0. The topological polar surface area (TPSA) is 72.6 Å². The summed E-state index contributed by atoms with van der Waals surface area (Å²) < 4.78 is 30.4. The summed E-state index contributed by atoms with van der Waals surface area (Å²) >= 11 is 0. The molecule has 1 atom stereocenters. The Hall–Kier alpha value is -2.02. The predicted molar refractivity (Wildman–Crippen MR) is 75.1 cm³/mol. The minimum Gasteiger partial charge on any atom is -0.328 e. The predicted octanol–water partition coefficient (Wildman–Crippen LogP) is 1.64. The molecule has 0 unspecified atom stereocenters. The molecule has 7 heteroatoms. The first-order valence-corrected chi connectivity index (χ1v) is 7.49. The number of rotatable bonds is 2. The van der Waals surface area contributed by atoms with E-state index in [1.807, 2.05) is 0 Å². The summed E-state index contributed by atoms with van der Waals surface area (Å²) in [5.74, 6) is -0.374. The maximum Gasteiger partial charge on any atom is 0.221 e. The van der Waals surface area contributed by atoms with E-state index in [0.29, 0.717) is 24.0 Å². The van der Waals surface area contributed by atoms with Gasteiger partial charge < -0.3 is 5.73 Å². The van der Waals surface area contributed by atoms with Crippen molar-refractivity contribution in [1.82, 2.24) is 14.3 Å². The fourth-order valence-electron chi connectivity index (χ4n) is 3.51. The van der Waals surface area contributed by atoms with Gasteiger partial charge in [0.15, 0.2) is 0 Å². The largest absolute Gasteiger partial charge is 0.328 e. The number of hydrogen-bond acceptors (Lipinski definition) is 3. The lowest BCUT2D eigenvalue weighted by molar-refractivity contribution is 0.235. The fourth-order valence-corrected chi connectivity index (χ4v) is 3.51. The lowest BCUT2D eigenvalue weighted by atomic mass is 9.88. The van der Waals surface area contributed by atoms with E-state index in [0.717, 1.165) is 24.7 Å². The average Bonchev–Trinajstić information content (AvgIpc) is 2.95. The summed E-state index contributed by atoms with van der Waals surface area (Å²) in [7, 11) is 0. The summed E-state index contributed by atoms with van der Waals surface area (Å²) in [5, 5.41) is 12.9. The molecule has 1 saturated carbocycles. The van der Waals surface area contributed by atoms with Crippen molar-refractivity contribution in [3.05, 3.63) is 46.8 Å². The molecule has 5 nitrogen and oxygen atoms in total. The second-order valence-corrected chi connectivity index (χ2v) is 6.20. The molecular weight excluding hydrogens is 288 g/mol. The Balaban J connectivity index is 1.74. The van der Waals surface area contributed by atoms with Crippen molar-refractivity contribution in [1.29, 1.82) is 5.41 Å². The van der Waals surface area contributed by atoms with Crippen LogP contribution in [0.15, 0.2) is 18.2 Å². The standard InChI is InChI=1S/C15H17F2N5/c16-9-3-8(4-10(17)5-9)13-1-2-14-20-22(15(19)21(13)14)12-6-11(18)7-12/h3-5,11-13,19H,1-2,6-7,18H2/t11?,12?,13-/m0/s1. The van der Waals surface area contributed by atoms with E-state index in [-0.39, 0.29) is 18.1 Å². The van der Waals surface area contributed by atoms with Gasteiger partial charge in [0.2, 0.25) is 5.62 Å². The van der Waals surface area contributed by atoms with E-state index in [1.54, 1.807) is 9.25 Å². The number of nitrogens with one attached hydrogen (secondary N) is 1. The highest BCUT2D eigenvalue weighted by atomic mass is 19.1. The molecule has 2 heterocycles. The second kappa shape index (κ2) is 4.74. The van der Waals surface area contributed by atoms with Crippen LogP contribution in [0.2, 0.25) is 0 Å². The Morgan fingerprint density at radius 1 is 1.18 bits per heavy atom. The zero-order valence-electron chi connectivity index (χ0n) is 12.0. The Morgan fingerprint density at radius 3 is 2.50 bits per heavy atom. The normalized spacial score (nSPS) is 26.8. The summed E-state index contributed by atoms with van der Waals surface area (Å²) in [6.07, 6.45) is 3.07. The van der Waals surface area contributed by atoms with E-state index in [2.05, 4.69) is 5.10 Å². The van der Waals surface area contributed by atoms with E-state index in [4.69, 9.17) is 11.1 Å². The third-order valence-corrected chi connectivity index (χ3v) is 4.66. The molecule has 0 amide bonds. The molecule has 4 rings (SSSR count). The number of fused-ring (bicyclic) bond motifs is 1. The highest BCUT2D eigenvalue weighted by Gasteiger charge is 2.34. The zero-order chi connectivity index (χ0) is 15.4. The van der Waals surface area contributed by atoms with E-state index in [1.165, 1.54) is 12.1 Å². The highest BCUT2D eigenvalue weighted by molar-refractivity contribution is 5.24. The maximum absolute atomic E-state index is 13.5. The van der Waals surface area contributed by atoms with Crippen molar-refractivity contribution in [2.75, 3.05) is 0 Å². The van der Waals surface area contributed by atoms with Gasteiger partial charge in [0.1, 0.15) is 17.5 Å². The molecule has 1 aromatic heterocycles. The van der Waals surface area contributed by atoms with Gasteiger partial charge in [-0.25, -0.2) is 13.5 Å². The maximum atomic E-state index is 13.5. The Bertz CT molecular complexity index is 767. The lowest BCUT2D eigenvalue weighted by Gasteiger charge is -2.32. The lowest BCUT2D eigenvalue weighted by Crippen LogP contribution is -2.42. The van der Waals surface area contributed by atoms with Crippen molar-refractivity contribution in [3.8, 4) is 0 Å². The molecule has 1 aliphatic carbocycles. The summed E-state index contributed by atoms with van der Waals surface area (Å²) in [4.78, 5) is 0. The van der Waals surface area contributed by atoms with Crippen LogP contribution in [0.5, 0.6) is 0 Å². The monoisotopic (exact) mass is 305 g/mol. The van der Waals surface area contributed by atoms with Gasteiger partial charge in [-0.1, -0.05) is 0 Å². The summed E-state index contributed by atoms with van der Waals surface area (Å²) in [6, 6.07) is 3.67. The molecule has 0 saturated heterocycles. The van der Waals surface area contributed by atoms with Crippen LogP contribution in [0.4, 0.5) is 8.78 Å². The first kappa shape index (κ1) is 13.6. The van der Waals surface area contributed by atoms with Crippen molar-refractivity contribution < 1.29 is 8.78 Å². The van der Waals surface area contributed by atoms with Crippen LogP contribution in [0.3, 0.4) is 0 Å². The number of benzene rings is 1. The molecular formula is C15H17F2N5. The van der Waals surface area contributed by atoms with Crippen LogP contribution in [0.25, 0.3) is 0 Å². The number of nitrogens with two attached hydrogens (primary N) is 1. The van der Waals surface area contributed by atoms with Gasteiger partial charge in [-0.15, -0.1) is 0 Å². The van der Waals surface area contributed by atoms with Crippen LogP contribution in [-0.2, 0) is 6.42 Å². The third kappa shape index (κ3) is 1.99. The van der Waals surface area contributed by atoms with Crippen molar-refractivity contribution in [2.24, 2.45) is 5.73 Å². The smallest absolute Gasteiger partial charge is 0.221 e. The molecule has 22 heavy (non-hydrogen) atoms. The second-order valence-electron chi connectivity index (χ2n) is 6.20. The third-order valence-electron chi connectivity index (χ3n) is 4.66. The highest BCUT2D eigenvalue weighted by Crippen LogP contribution is 2.33. The molecule has 0 spiro atoms. The molecule has 2 aromatic rings. The van der Waals surface area contributed by atoms with Gasteiger partial charge in [-0.05, 0) is 37.0 Å². The van der Waals surface area contributed by atoms with Gasteiger partial charge in [-0.2, -0.15) is 5.10 Å². The average molecular weight is 305 g/mol. The van der Waals surface area contributed by atoms with E-state index in [9.17, 15) is 8.78 Å². The number of hydrogen-bond donors (Lipinski definition) is 2. The minimum atomic E-state index is -0.590. The number of aryl methyl sites for hydroxylation is 1. The van der Waals surface area contributed by atoms with Crippen molar-refractivity contribution in [3.63, 3.8) is 0 Å². The van der Waals surface area contributed by atoms with Crippen molar-refractivity contribution >= 4 is 0 Å². The quantitative estimate of drug-likeness (QED) is 0.885. The molecule has 1 aromatic carbocycles. The van der Waals surface area contributed by atoms with Gasteiger partial charge in [0.25, 0.3) is 0 Å². The molecule has 1 aliphatic heterocycles. The number of nitrogens with zero attached hydrogens (tertiary/aromatic N) is 3. The Kier molecular flexibility index (Phi) is 2.94. The molecule has 3 N–H and O–H groups in total. The van der Waals surface area contributed by atoms with Crippen LogP contribution in [0, 0.1) is 17.0 Å². The summed E-state index contributed by atoms with van der Waals surface area (Å²) in [5.41, 5.74) is 6.65. The zero-order valence-corrected chi connectivity index (χ0v) is 12.0. The SMILES string of the molecule is N=c1n(C2CC(N)C2)nc2n1[C@H](c1cc(F)cc(F)c1)CC2. The fraction of sp³-hybridized carbons (Fsp3) is 0.467. The molecule has 1 fully saturated rings. The Morgan fingerprint density at radius 2 is 1.86 bits per heavy atom. The minimum absolute atomic E-state index is 0.172. The van der Waals surface area contributed by atoms with Crippen molar-refractivity contribution in [2.45, 2.75) is 43.8 Å². The van der Waals surface area contributed by atoms with Crippen LogP contribution in [-0.4, -0.2) is 20.4 Å². The van der Waals surface area contributed by atoms with Gasteiger partial charge in [0, 0.05) is 18.5 Å². The molecule has 116 valence electrons. The van der Waals surface area contributed by atoms with Gasteiger partial charge >= 0.3 is 0 Å². The first-order chi connectivity index (χ1) is 10.5.